The van der Waals surface area contributed by atoms with Crippen LogP contribution in [0.25, 0.3) is 11.1 Å². The lowest BCUT2D eigenvalue weighted by molar-refractivity contribution is 0.629. The van der Waals surface area contributed by atoms with Crippen LogP contribution in [0.1, 0.15) is 5.56 Å². The number of hydrogen-bond donors (Lipinski definition) is 2. The van der Waals surface area contributed by atoms with Crippen molar-refractivity contribution >= 4 is 35.1 Å². The molecule has 0 aliphatic rings. The molecule has 0 heterocycles. The quantitative estimate of drug-likeness (QED) is 0.519. The van der Waals surface area contributed by atoms with E-state index in [2.05, 4.69) is 22.7 Å². The van der Waals surface area contributed by atoms with Gasteiger partial charge < -0.3 is 5.73 Å². The molecular weight excluding hydrogens is 297 g/mol. The average Bonchev–Trinajstić information content (AvgIpc) is 2.42. The Balaban J connectivity index is 2.17. The number of rotatable bonds is 3. The van der Waals surface area contributed by atoms with Gasteiger partial charge in [-0.15, -0.1) is 0 Å². The van der Waals surface area contributed by atoms with Gasteiger partial charge in [-0.25, -0.2) is 4.39 Å². The highest BCUT2D eigenvalue weighted by atomic mass is 35.5. The highest BCUT2D eigenvalue weighted by Crippen LogP contribution is 2.24. The molecule has 6 heteroatoms. The average molecular weight is 308 g/mol. The fraction of sp³-hybridized carbons (Fsp3) is 0. The second-order valence-electron chi connectivity index (χ2n) is 3.99. The van der Waals surface area contributed by atoms with Gasteiger partial charge in [-0.2, -0.15) is 5.10 Å². The second kappa shape index (κ2) is 6.45. The third-order valence-corrected chi connectivity index (χ3v) is 2.95. The maximum Gasteiger partial charge on any atom is 0.184 e. The summed E-state index contributed by atoms with van der Waals surface area (Å²) in [6, 6.07) is 12.1. The first-order valence-corrected chi connectivity index (χ1v) is 6.49. The first-order chi connectivity index (χ1) is 9.56. The molecule has 0 aliphatic heterocycles. The number of hydrazone groups is 1. The molecule has 0 spiro atoms. The summed E-state index contributed by atoms with van der Waals surface area (Å²) >= 11 is 10.3. The molecule has 0 amide bonds. The SMILES string of the molecule is NC(=S)NN=Cc1ccc(-c2ccc(Cl)c(F)c2)cc1. The number of nitrogens with zero attached hydrogens (tertiary/aromatic N) is 1. The summed E-state index contributed by atoms with van der Waals surface area (Å²) in [5.74, 6) is -0.435. The van der Waals surface area contributed by atoms with E-state index in [4.69, 9.17) is 17.3 Å². The molecule has 102 valence electrons. The Kier molecular flexibility index (Phi) is 4.65. The van der Waals surface area contributed by atoms with Crippen molar-refractivity contribution in [2.75, 3.05) is 0 Å². The summed E-state index contributed by atoms with van der Waals surface area (Å²) in [4.78, 5) is 0. The highest BCUT2D eigenvalue weighted by Gasteiger charge is 2.03. The summed E-state index contributed by atoms with van der Waals surface area (Å²) in [5, 5.41) is 4.07. The summed E-state index contributed by atoms with van der Waals surface area (Å²) in [5.41, 5.74) is 10.2. The zero-order valence-electron chi connectivity index (χ0n) is 10.3. The van der Waals surface area contributed by atoms with E-state index >= 15 is 0 Å². The number of hydrogen-bond acceptors (Lipinski definition) is 2. The van der Waals surface area contributed by atoms with Gasteiger partial charge in [0.2, 0.25) is 0 Å². The molecular formula is C14H11ClFN3S. The van der Waals surface area contributed by atoms with E-state index in [1.807, 2.05) is 24.3 Å². The van der Waals surface area contributed by atoms with Gasteiger partial charge in [0.05, 0.1) is 11.2 Å². The molecule has 0 bridgehead atoms. The number of nitrogens with two attached hydrogens (primary N) is 1. The zero-order valence-corrected chi connectivity index (χ0v) is 11.9. The van der Waals surface area contributed by atoms with Gasteiger partial charge in [0.25, 0.3) is 0 Å². The summed E-state index contributed by atoms with van der Waals surface area (Å²) in [6.45, 7) is 0. The van der Waals surface area contributed by atoms with Gasteiger partial charge in [-0.3, -0.25) is 5.43 Å². The van der Waals surface area contributed by atoms with Crippen LogP contribution in [0.3, 0.4) is 0 Å². The minimum atomic E-state index is -0.435. The van der Waals surface area contributed by atoms with Crippen molar-refractivity contribution in [2.24, 2.45) is 10.8 Å². The molecule has 3 nitrogen and oxygen atoms in total. The van der Waals surface area contributed by atoms with Gasteiger partial charge in [0.15, 0.2) is 5.11 Å². The van der Waals surface area contributed by atoms with Crippen molar-refractivity contribution in [3.05, 3.63) is 58.9 Å². The minimum Gasteiger partial charge on any atom is -0.375 e. The topological polar surface area (TPSA) is 50.4 Å². The molecule has 2 aromatic rings. The van der Waals surface area contributed by atoms with E-state index in [1.165, 1.54) is 12.1 Å². The standard InChI is InChI=1S/C14H11ClFN3S/c15-12-6-5-11(7-13(12)16)10-3-1-9(2-4-10)8-18-19-14(17)20/h1-8H,(H3,17,19,20). The van der Waals surface area contributed by atoms with E-state index in [9.17, 15) is 4.39 Å². The molecule has 3 N–H and O–H groups in total. The summed E-state index contributed by atoms with van der Waals surface area (Å²) in [7, 11) is 0. The largest absolute Gasteiger partial charge is 0.375 e. The van der Waals surface area contributed by atoms with Crippen molar-refractivity contribution in [2.45, 2.75) is 0 Å². The molecule has 0 unspecified atom stereocenters. The maximum atomic E-state index is 13.4. The fourth-order valence-corrected chi connectivity index (χ4v) is 1.78. The lowest BCUT2D eigenvalue weighted by atomic mass is 10.0. The van der Waals surface area contributed by atoms with Crippen LogP contribution in [0.4, 0.5) is 4.39 Å². The zero-order chi connectivity index (χ0) is 14.5. The molecule has 0 radical (unpaired) electrons. The van der Waals surface area contributed by atoms with Crippen molar-refractivity contribution < 1.29 is 4.39 Å². The third-order valence-electron chi connectivity index (χ3n) is 2.55. The van der Waals surface area contributed by atoms with Crippen LogP contribution >= 0.6 is 23.8 Å². The molecule has 0 atom stereocenters. The lowest BCUT2D eigenvalue weighted by Crippen LogP contribution is -2.23. The lowest BCUT2D eigenvalue weighted by Gasteiger charge is -2.03. The Hall–Kier alpha value is -1.98. The summed E-state index contributed by atoms with van der Waals surface area (Å²) in [6.07, 6.45) is 1.59. The van der Waals surface area contributed by atoms with Crippen LogP contribution < -0.4 is 11.2 Å². The van der Waals surface area contributed by atoms with Gasteiger partial charge in [0, 0.05) is 0 Å². The van der Waals surface area contributed by atoms with E-state index in [0.29, 0.717) is 0 Å². The van der Waals surface area contributed by atoms with Crippen LogP contribution in [0.15, 0.2) is 47.6 Å². The predicted octanol–water partition coefficient (Wildman–Crippen LogP) is 3.31. The Labute approximate surface area is 126 Å². The maximum absolute atomic E-state index is 13.4. The monoisotopic (exact) mass is 307 g/mol. The van der Waals surface area contributed by atoms with Crippen LogP contribution in [0, 0.1) is 5.82 Å². The van der Waals surface area contributed by atoms with Crippen molar-refractivity contribution in [1.82, 2.24) is 5.43 Å². The van der Waals surface area contributed by atoms with E-state index in [1.54, 1.807) is 12.3 Å². The molecule has 0 fully saturated rings. The first kappa shape index (κ1) is 14.4. The normalized spacial score (nSPS) is 10.7. The van der Waals surface area contributed by atoms with Crippen molar-refractivity contribution in [3.63, 3.8) is 0 Å². The molecule has 20 heavy (non-hydrogen) atoms. The van der Waals surface area contributed by atoms with E-state index in [0.717, 1.165) is 16.7 Å². The van der Waals surface area contributed by atoms with Gasteiger partial charge >= 0.3 is 0 Å². The first-order valence-electron chi connectivity index (χ1n) is 5.70. The number of halogens is 2. The van der Waals surface area contributed by atoms with Crippen LogP contribution in [0.2, 0.25) is 5.02 Å². The van der Waals surface area contributed by atoms with Crippen LogP contribution in [0.5, 0.6) is 0 Å². The van der Waals surface area contributed by atoms with Gasteiger partial charge in [-0.1, -0.05) is 41.9 Å². The molecule has 0 saturated carbocycles. The van der Waals surface area contributed by atoms with E-state index in [-0.39, 0.29) is 10.1 Å². The van der Waals surface area contributed by atoms with Crippen molar-refractivity contribution in [1.29, 1.82) is 0 Å². The number of nitrogens with one attached hydrogen (secondary N) is 1. The Morgan fingerprint density at radius 3 is 2.45 bits per heavy atom. The van der Waals surface area contributed by atoms with E-state index < -0.39 is 5.82 Å². The minimum absolute atomic E-state index is 0.106. The fourth-order valence-electron chi connectivity index (χ4n) is 1.61. The third kappa shape index (κ3) is 3.76. The predicted molar refractivity (Wildman–Crippen MR) is 84.4 cm³/mol. The van der Waals surface area contributed by atoms with Crippen LogP contribution in [-0.4, -0.2) is 11.3 Å². The number of benzene rings is 2. The molecule has 2 aromatic carbocycles. The second-order valence-corrected chi connectivity index (χ2v) is 4.83. The molecule has 0 aromatic heterocycles. The van der Waals surface area contributed by atoms with Crippen molar-refractivity contribution in [3.8, 4) is 11.1 Å². The smallest absolute Gasteiger partial charge is 0.184 e. The van der Waals surface area contributed by atoms with Gasteiger partial charge in [0.1, 0.15) is 5.82 Å². The molecule has 0 saturated heterocycles. The van der Waals surface area contributed by atoms with Gasteiger partial charge in [-0.05, 0) is 41.0 Å². The Morgan fingerprint density at radius 2 is 1.85 bits per heavy atom. The highest BCUT2D eigenvalue weighted by molar-refractivity contribution is 7.80. The Bertz CT molecular complexity index is 656. The Morgan fingerprint density at radius 1 is 1.20 bits per heavy atom. The molecule has 2 rings (SSSR count). The van der Waals surface area contributed by atoms with Crippen LogP contribution in [-0.2, 0) is 0 Å². The number of thiocarbonyl (C=S) groups is 1. The summed E-state index contributed by atoms with van der Waals surface area (Å²) < 4.78 is 13.4. The molecule has 0 aliphatic carbocycles.